The highest BCUT2D eigenvalue weighted by atomic mass is 16.1. The molecule has 0 radical (unpaired) electrons. The van der Waals surface area contributed by atoms with E-state index in [1.54, 1.807) is 18.2 Å². The summed E-state index contributed by atoms with van der Waals surface area (Å²) in [5, 5.41) is 3.91. The molecule has 0 aliphatic carbocycles. The van der Waals surface area contributed by atoms with E-state index in [1.807, 2.05) is 0 Å². The number of anilines is 1. The molecule has 0 saturated heterocycles. The molecule has 0 fully saturated rings. The van der Waals surface area contributed by atoms with Crippen molar-refractivity contribution in [1.82, 2.24) is 14.8 Å². The minimum atomic E-state index is -0.548. The number of aromatic nitrogens is 3. The lowest BCUT2D eigenvalue weighted by Gasteiger charge is -2.08. The molecule has 2 aromatic rings. The molecule has 0 aliphatic heterocycles. The second-order valence-electron chi connectivity index (χ2n) is 2.95. The molecule has 0 atom stereocenters. The van der Waals surface area contributed by atoms with E-state index < -0.39 is 5.91 Å². The van der Waals surface area contributed by atoms with Gasteiger partial charge in [0.25, 0.3) is 5.91 Å². The molecule has 4 N–H and O–H groups in total. The van der Waals surface area contributed by atoms with Gasteiger partial charge in [-0.2, -0.15) is 5.10 Å². The first-order valence-electron chi connectivity index (χ1n) is 4.23. The van der Waals surface area contributed by atoms with Crippen LogP contribution in [0.25, 0.3) is 5.69 Å². The topological polar surface area (TPSA) is 99.8 Å². The van der Waals surface area contributed by atoms with Crippen molar-refractivity contribution >= 4 is 11.6 Å². The van der Waals surface area contributed by atoms with E-state index in [1.165, 1.54) is 17.3 Å². The van der Waals surface area contributed by atoms with Crippen LogP contribution in [0.15, 0.2) is 30.9 Å². The highest BCUT2D eigenvalue weighted by Crippen LogP contribution is 2.20. The summed E-state index contributed by atoms with van der Waals surface area (Å²) in [5.41, 5.74) is 12.2. The Kier molecular flexibility index (Phi) is 2.09. The van der Waals surface area contributed by atoms with Gasteiger partial charge in [-0.15, -0.1) is 0 Å². The molecule has 1 aromatic carbocycles. The van der Waals surface area contributed by atoms with Gasteiger partial charge in [0.15, 0.2) is 0 Å². The third-order valence-electron chi connectivity index (χ3n) is 1.98. The predicted octanol–water partition coefficient (Wildman–Crippen LogP) is -0.0516. The summed E-state index contributed by atoms with van der Waals surface area (Å²) < 4.78 is 1.41. The Hall–Kier alpha value is -2.37. The molecule has 2 rings (SSSR count). The van der Waals surface area contributed by atoms with Crippen LogP contribution in [-0.2, 0) is 0 Å². The van der Waals surface area contributed by atoms with E-state index in [0.717, 1.165) is 0 Å². The highest BCUT2D eigenvalue weighted by molar-refractivity contribution is 5.98. The van der Waals surface area contributed by atoms with Crippen molar-refractivity contribution in [3.05, 3.63) is 36.4 Å². The van der Waals surface area contributed by atoms with Gasteiger partial charge in [0.05, 0.1) is 11.3 Å². The second-order valence-corrected chi connectivity index (χ2v) is 2.95. The van der Waals surface area contributed by atoms with E-state index in [4.69, 9.17) is 11.5 Å². The predicted molar refractivity (Wildman–Crippen MR) is 54.3 cm³/mol. The number of nitrogens with zero attached hydrogens (tertiary/aromatic N) is 3. The number of carbonyl (C=O) groups excluding carboxylic acids is 1. The number of nitrogen functional groups attached to an aromatic ring is 1. The molecule has 0 saturated carbocycles. The number of rotatable bonds is 2. The quantitative estimate of drug-likeness (QED) is 0.668. The molecule has 0 unspecified atom stereocenters. The van der Waals surface area contributed by atoms with Crippen LogP contribution < -0.4 is 11.5 Å². The summed E-state index contributed by atoms with van der Waals surface area (Å²) >= 11 is 0. The fraction of sp³-hybridized carbons (Fsp3) is 0. The maximum absolute atomic E-state index is 11.2. The average Bonchev–Trinajstić information content (AvgIpc) is 2.70. The Balaban J connectivity index is 2.68. The summed E-state index contributed by atoms with van der Waals surface area (Å²) in [6.45, 7) is 0. The van der Waals surface area contributed by atoms with E-state index in [2.05, 4.69) is 10.1 Å². The molecule has 0 bridgehead atoms. The van der Waals surface area contributed by atoms with Crippen molar-refractivity contribution in [2.45, 2.75) is 0 Å². The third kappa shape index (κ3) is 1.52. The van der Waals surface area contributed by atoms with Gasteiger partial charge in [0.1, 0.15) is 18.3 Å². The van der Waals surface area contributed by atoms with E-state index >= 15 is 0 Å². The average molecular weight is 203 g/mol. The molecular weight excluding hydrogens is 194 g/mol. The number of primary amides is 1. The standard InChI is InChI=1S/C9H9N5O/c10-7-3-1-2-6(9(11)15)8(7)14-5-12-4-13-14/h1-5H,10H2,(H2,11,15). The number of hydrogen-bond acceptors (Lipinski definition) is 4. The number of carbonyl (C=O) groups is 1. The molecule has 15 heavy (non-hydrogen) atoms. The summed E-state index contributed by atoms with van der Waals surface area (Å²) in [5.74, 6) is -0.548. The Bertz CT molecular complexity index is 491. The Labute approximate surface area is 85.5 Å². The van der Waals surface area contributed by atoms with Gasteiger partial charge < -0.3 is 11.5 Å². The summed E-state index contributed by atoms with van der Waals surface area (Å²) in [4.78, 5) is 15.0. The van der Waals surface area contributed by atoms with Crippen LogP contribution in [0.1, 0.15) is 10.4 Å². The van der Waals surface area contributed by atoms with Crippen LogP contribution in [0.2, 0.25) is 0 Å². The van der Waals surface area contributed by atoms with Gasteiger partial charge in [-0.05, 0) is 12.1 Å². The smallest absolute Gasteiger partial charge is 0.250 e. The third-order valence-corrected chi connectivity index (χ3v) is 1.98. The molecule has 6 heteroatoms. The highest BCUT2D eigenvalue weighted by Gasteiger charge is 2.12. The lowest BCUT2D eigenvalue weighted by atomic mass is 10.1. The zero-order chi connectivity index (χ0) is 10.8. The summed E-state index contributed by atoms with van der Waals surface area (Å²) in [6, 6.07) is 4.93. The molecule has 1 amide bonds. The summed E-state index contributed by atoms with van der Waals surface area (Å²) in [7, 11) is 0. The fourth-order valence-corrected chi connectivity index (χ4v) is 1.34. The number of para-hydroxylation sites is 1. The molecule has 0 aliphatic rings. The maximum Gasteiger partial charge on any atom is 0.250 e. The monoisotopic (exact) mass is 203 g/mol. The zero-order valence-corrected chi connectivity index (χ0v) is 7.79. The number of benzene rings is 1. The minimum absolute atomic E-state index is 0.320. The Morgan fingerprint density at radius 2 is 2.20 bits per heavy atom. The van der Waals surface area contributed by atoms with Crippen molar-refractivity contribution in [1.29, 1.82) is 0 Å². The number of nitrogens with two attached hydrogens (primary N) is 2. The van der Waals surface area contributed by atoms with Crippen molar-refractivity contribution in [2.75, 3.05) is 5.73 Å². The van der Waals surface area contributed by atoms with Crippen molar-refractivity contribution in [3.8, 4) is 5.69 Å². The lowest BCUT2D eigenvalue weighted by Crippen LogP contribution is -2.16. The van der Waals surface area contributed by atoms with Crippen LogP contribution in [0.5, 0.6) is 0 Å². The Morgan fingerprint density at radius 3 is 2.80 bits per heavy atom. The minimum Gasteiger partial charge on any atom is -0.397 e. The lowest BCUT2D eigenvalue weighted by molar-refractivity contribution is 0.1000. The molecule has 1 heterocycles. The normalized spacial score (nSPS) is 10.1. The van der Waals surface area contributed by atoms with Crippen molar-refractivity contribution in [3.63, 3.8) is 0 Å². The molecule has 76 valence electrons. The van der Waals surface area contributed by atoms with Gasteiger partial charge in [0, 0.05) is 0 Å². The summed E-state index contributed by atoms with van der Waals surface area (Å²) in [6.07, 6.45) is 2.81. The van der Waals surface area contributed by atoms with Gasteiger partial charge in [-0.25, -0.2) is 9.67 Å². The van der Waals surface area contributed by atoms with Crippen LogP contribution in [0, 0.1) is 0 Å². The Morgan fingerprint density at radius 1 is 1.40 bits per heavy atom. The largest absolute Gasteiger partial charge is 0.397 e. The van der Waals surface area contributed by atoms with Crippen LogP contribution >= 0.6 is 0 Å². The molecule has 0 spiro atoms. The van der Waals surface area contributed by atoms with Crippen LogP contribution in [-0.4, -0.2) is 20.7 Å². The van der Waals surface area contributed by atoms with Gasteiger partial charge in [0.2, 0.25) is 0 Å². The van der Waals surface area contributed by atoms with E-state index in [0.29, 0.717) is 16.9 Å². The zero-order valence-electron chi connectivity index (χ0n) is 7.79. The van der Waals surface area contributed by atoms with Crippen LogP contribution in [0.3, 0.4) is 0 Å². The maximum atomic E-state index is 11.2. The van der Waals surface area contributed by atoms with Gasteiger partial charge >= 0.3 is 0 Å². The first-order chi connectivity index (χ1) is 7.20. The van der Waals surface area contributed by atoms with Crippen molar-refractivity contribution < 1.29 is 4.79 Å². The van der Waals surface area contributed by atoms with Gasteiger partial charge in [-0.3, -0.25) is 4.79 Å². The fourth-order valence-electron chi connectivity index (χ4n) is 1.34. The first kappa shape index (κ1) is 9.20. The van der Waals surface area contributed by atoms with Gasteiger partial charge in [-0.1, -0.05) is 6.07 Å². The first-order valence-corrected chi connectivity index (χ1v) is 4.23. The van der Waals surface area contributed by atoms with Crippen molar-refractivity contribution in [2.24, 2.45) is 5.73 Å². The number of hydrogen-bond donors (Lipinski definition) is 2. The van der Waals surface area contributed by atoms with Crippen LogP contribution in [0.4, 0.5) is 5.69 Å². The molecule has 1 aromatic heterocycles. The van der Waals surface area contributed by atoms with E-state index in [9.17, 15) is 4.79 Å². The molecule has 6 nitrogen and oxygen atoms in total. The SMILES string of the molecule is NC(=O)c1cccc(N)c1-n1cncn1. The number of amides is 1. The molecular formula is C9H9N5O. The second kappa shape index (κ2) is 3.41. The van der Waals surface area contributed by atoms with E-state index in [-0.39, 0.29) is 0 Å².